The van der Waals surface area contributed by atoms with E-state index in [0.29, 0.717) is 77.3 Å². The van der Waals surface area contributed by atoms with Gasteiger partial charge in [0.1, 0.15) is 17.9 Å². The van der Waals surface area contributed by atoms with Gasteiger partial charge in [0.2, 0.25) is 0 Å². The van der Waals surface area contributed by atoms with E-state index in [-0.39, 0.29) is 60.9 Å². The Hall–Kier alpha value is -4.00. The molecule has 88 heavy (non-hydrogen) atoms. The second-order valence-corrected chi connectivity index (χ2v) is 23.5. The molecule has 14 N–H and O–H groups in total. The standard InChI is InChI=1S/C21H22Cl2F3N3.C15H18ClF3N2.C7H15NO2.C6H6ClN.C6H12O.C2H4O.2C2H6.CH2O2.CH4O.CH4/c22-12-4-5-14(17(27)6-12)21(28)15(13-2-1-3-16(23)18(13)26)7-29-20(21)8-19(9-20,10-24)11-25;16-11-3-1-2-9(12(11)19)10-4-21-15(13(10)20)5-14(6-15,7-17)8-18;1-9-5-7-3-2-6(8)4-10-7;7-5-2-1-3-6(8)4-5;1-6-3-2-4-7-5-6;1-2-3;2*1-2;2-1-3;1-2;/h1-6,15,29H,7-11,27-28H2;1-3,10,13,21H,4-8,20H2;6-7H,2-5,8H2,1H3;1-4H,8H2;6H,2-5H2,1H3;2H,1H3;2*1-2H3;1H,(H,2,3);2H,1H3;1H4/t15?,21-;;6?,7-;;;;;;;;/m0.0......../s1. The third-order valence-corrected chi connectivity index (χ3v) is 16.8. The van der Waals surface area contributed by atoms with E-state index in [2.05, 4.69) is 17.6 Å². The number of aliphatic hydroxyl groups excluding tert-OH is 1. The fourth-order valence-corrected chi connectivity index (χ4v) is 12.5. The van der Waals surface area contributed by atoms with E-state index >= 15 is 0 Å². The van der Waals surface area contributed by atoms with Crippen molar-refractivity contribution in [1.82, 2.24) is 10.6 Å². The number of benzene rings is 4. The topological polar surface area (TPSA) is 256 Å². The van der Waals surface area contributed by atoms with Crippen molar-refractivity contribution in [3.8, 4) is 0 Å². The van der Waals surface area contributed by atoms with E-state index in [1.807, 2.05) is 33.8 Å². The number of nitrogen functional groups attached to an aromatic ring is 2. The van der Waals surface area contributed by atoms with Crippen LogP contribution < -0.4 is 39.3 Å². The first-order valence-corrected chi connectivity index (χ1v) is 30.6. The molecule has 2 spiro atoms. The molecule has 4 aromatic rings. The Balaban J connectivity index is 0.00000112. The molecule has 4 heterocycles. The Labute approximate surface area is 538 Å². The number of carboxylic acid groups (broad SMARTS) is 1. The lowest BCUT2D eigenvalue weighted by Gasteiger charge is -2.60. The lowest BCUT2D eigenvalue weighted by atomic mass is 9.49. The average Bonchev–Trinajstić information content (AvgIpc) is 3.16. The van der Waals surface area contributed by atoms with Crippen molar-refractivity contribution in [2.24, 2.45) is 33.9 Å². The van der Waals surface area contributed by atoms with Gasteiger partial charge in [0.15, 0.2) is 0 Å². The predicted molar refractivity (Wildman–Crippen MR) is 349 cm³/mol. The van der Waals surface area contributed by atoms with Crippen LogP contribution in [0, 0.1) is 28.4 Å². The van der Waals surface area contributed by atoms with Crippen LogP contribution >= 0.6 is 46.4 Å². The SMILES string of the molecule is C.CC.CC.CC1CCCOC1.CC=O.CO.COC[C@@H]1CCC(N)CO1.NC1C(c2cccc(Cl)c2F)CNC12CC(CF)(CF)C2.Nc1cc(Cl)ccc1[C@]1(N)C(c2cccc(Cl)c2F)CNC12CC(CF)(CF)C2.Nc1cccc(Cl)c1.O=CO. The van der Waals surface area contributed by atoms with Gasteiger partial charge in [-0.3, -0.25) is 22.4 Å². The number of carbonyl (C=O) groups is 2. The molecule has 4 saturated heterocycles. The maximum absolute atomic E-state index is 14.9. The molecule has 502 valence electrons. The van der Waals surface area contributed by atoms with E-state index in [4.69, 9.17) is 109 Å². The second kappa shape index (κ2) is 42.2. The average molecular weight is 1330 g/mol. The van der Waals surface area contributed by atoms with E-state index in [1.165, 1.54) is 31.9 Å². The number of hydrogen-bond donors (Lipinski definition) is 9. The maximum atomic E-state index is 14.9. The number of carbonyl (C=O) groups excluding carboxylic acids is 1. The van der Waals surface area contributed by atoms with Crippen LogP contribution in [0.15, 0.2) is 78.9 Å². The number of alkyl halides is 4. The smallest absolute Gasteiger partial charge is 0.290 e. The Morgan fingerprint density at radius 1 is 0.727 bits per heavy atom. The van der Waals surface area contributed by atoms with E-state index < -0.39 is 71.7 Å². The summed E-state index contributed by atoms with van der Waals surface area (Å²) in [5, 5.41) is 21.7. The first-order valence-electron chi connectivity index (χ1n) is 29.1. The zero-order valence-electron chi connectivity index (χ0n) is 51.5. The summed E-state index contributed by atoms with van der Waals surface area (Å²) in [6.07, 6.45) is 6.84. The normalized spacial score (nSPS) is 23.8. The van der Waals surface area contributed by atoms with Crippen molar-refractivity contribution in [2.75, 3.05) is 91.9 Å². The highest BCUT2D eigenvalue weighted by Crippen LogP contribution is 2.63. The summed E-state index contributed by atoms with van der Waals surface area (Å²) in [6, 6.07) is 21.5. The Morgan fingerprint density at radius 2 is 1.24 bits per heavy atom. The highest BCUT2D eigenvalue weighted by atomic mass is 35.5. The number of aliphatic hydroxyl groups is 1. The minimum absolute atomic E-state index is 0. The number of nitrogens with one attached hydrogen (secondary N) is 2. The molecular formula is C64H99Cl4F6N7O7. The zero-order valence-corrected chi connectivity index (χ0v) is 54.5. The second-order valence-electron chi connectivity index (χ2n) is 21.8. The molecule has 10 rings (SSSR count). The van der Waals surface area contributed by atoms with Gasteiger partial charge < -0.3 is 68.5 Å². The van der Waals surface area contributed by atoms with Gasteiger partial charge in [0.25, 0.3) is 6.47 Å². The van der Waals surface area contributed by atoms with Crippen LogP contribution in [0.1, 0.15) is 129 Å². The number of methoxy groups -OCH3 is 1. The largest absolute Gasteiger partial charge is 0.483 e. The molecule has 0 radical (unpaired) electrons. The van der Waals surface area contributed by atoms with Gasteiger partial charge >= 0.3 is 0 Å². The molecule has 0 bridgehead atoms. The summed E-state index contributed by atoms with van der Waals surface area (Å²) < 4.78 is 97.9. The highest BCUT2D eigenvalue weighted by molar-refractivity contribution is 6.31. The molecule has 2 saturated carbocycles. The number of ether oxygens (including phenoxy) is 3. The number of hydrogen-bond acceptors (Lipinski definition) is 13. The van der Waals surface area contributed by atoms with Crippen molar-refractivity contribution in [2.45, 2.75) is 147 Å². The van der Waals surface area contributed by atoms with Crippen LogP contribution in [0.2, 0.25) is 20.1 Å². The van der Waals surface area contributed by atoms with Crippen molar-refractivity contribution in [1.29, 1.82) is 0 Å². The van der Waals surface area contributed by atoms with Crippen molar-refractivity contribution in [3.05, 3.63) is 127 Å². The van der Waals surface area contributed by atoms with Crippen LogP contribution in [0.25, 0.3) is 0 Å². The van der Waals surface area contributed by atoms with Crippen LogP contribution in [-0.2, 0) is 29.3 Å². The third kappa shape index (κ3) is 22.4. The third-order valence-electron chi connectivity index (χ3n) is 15.8. The van der Waals surface area contributed by atoms with Gasteiger partial charge in [-0.05, 0) is 123 Å². The molecule has 2 aliphatic carbocycles. The van der Waals surface area contributed by atoms with Gasteiger partial charge in [-0.25, -0.2) is 8.78 Å². The number of anilines is 2. The van der Waals surface area contributed by atoms with Gasteiger partial charge in [0.05, 0.1) is 61.6 Å². The van der Waals surface area contributed by atoms with Gasteiger partial charge in [0, 0.05) is 108 Å². The Bertz CT molecular complexity index is 2550. The molecule has 24 heteroatoms. The number of rotatable bonds is 9. The molecule has 6 fully saturated rings. The maximum Gasteiger partial charge on any atom is 0.290 e. The number of halogens is 10. The van der Waals surface area contributed by atoms with Crippen LogP contribution in [0.4, 0.5) is 37.7 Å². The van der Waals surface area contributed by atoms with E-state index in [9.17, 15) is 26.3 Å². The number of aldehydes is 1. The summed E-state index contributed by atoms with van der Waals surface area (Å²) in [4.78, 5) is 17.2. The fourth-order valence-electron chi connectivity index (χ4n) is 11.8. The molecule has 5 unspecified atom stereocenters. The van der Waals surface area contributed by atoms with Crippen LogP contribution in [0.3, 0.4) is 0 Å². The van der Waals surface area contributed by atoms with Crippen molar-refractivity contribution < 1.29 is 60.4 Å². The molecule has 0 aromatic heterocycles. The minimum Gasteiger partial charge on any atom is -0.483 e. The summed E-state index contributed by atoms with van der Waals surface area (Å²) >= 11 is 23.5. The Morgan fingerprint density at radius 3 is 1.67 bits per heavy atom. The summed E-state index contributed by atoms with van der Waals surface area (Å²) in [7, 11) is 2.69. The van der Waals surface area contributed by atoms with Gasteiger partial charge in [-0.1, -0.05) is 125 Å². The van der Waals surface area contributed by atoms with Crippen LogP contribution in [0.5, 0.6) is 0 Å². The van der Waals surface area contributed by atoms with Gasteiger partial charge in [-0.15, -0.1) is 0 Å². The first-order chi connectivity index (χ1) is 41.5. The molecule has 14 nitrogen and oxygen atoms in total. The monoisotopic (exact) mass is 1330 g/mol. The zero-order chi connectivity index (χ0) is 66.2. The molecule has 4 aliphatic heterocycles. The Kier molecular flexibility index (Phi) is 40.3. The van der Waals surface area contributed by atoms with Crippen molar-refractivity contribution in [3.63, 3.8) is 0 Å². The lowest BCUT2D eigenvalue weighted by molar-refractivity contribution is -0.122. The van der Waals surface area contributed by atoms with Gasteiger partial charge in [-0.2, -0.15) is 0 Å². The van der Waals surface area contributed by atoms with E-state index in [1.54, 1.807) is 67.8 Å². The summed E-state index contributed by atoms with van der Waals surface area (Å²) in [6.45, 7) is 12.7. The molecule has 6 aliphatic rings. The fraction of sp³-hybridized carbons (Fsp3) is 0.594. The molecule has 0 amide bonds. The first kappa shape index (κ1) is 84.0. The summed E-state index contributed by atoms with van der Waals surface area (Å²) in [5.41, 5.74) is 28.5. The summed E-state index contributed by atoms with van der Waals surface area (Å²) in [5.74, 6) is -0.974. The molecule has 4 aromatic carbocycles. The van der Waals surface area contributed by atoms with Crippen LogP contribution in [-0.4, -0.2) is 133 Å². The lowest BCUT2D eigenvalue weighted by Crippen LogP contribution is -2.71. The minimum atomic E-state index is -1.21. The highest BCUT2D eigenvalue weighted by Gasteiger charge is 2.69. The number of nitrogens with two attached hydrogens (primary N) is 5. The predicted octanol–water partition coefficient (Wildman–Crippen LogP) is 13.4. The molecule has 7 atom stereocenters. The van der Waals surface area contributed by atoms with Crippen molar-refractivity contribution >= 4 is 70.5 Å². The van der Waals surface area contributed by atoms with E-state index in [0.717, 1.165) is 45.4 Å². The molecular weight excluding hydrogens is 1230 g/mol. The quantitative estimate of drug-likeness (QED) is 0.0429.